The molecule has 0 saturated heterocycles. The molecular formula is C26H48OSi. The smallest absolute Gasteiger partial charge is 0.192 e. The molecule has 0 spiro atoms. The Morgan fingerprint density at radius 1 is 1.11 bits per heavy atom. The molecule has 1 nitrogen and oxygen atoms in total. The second-order valence-corrected chi connectivity index (χ2v) is 18.1. The van der Waals surface area contributed by atoms with Crippen molar-refractivity contribution in [3.05, 3.63) is 11.6 Å². The van der Waals surface area contributed by atoms with Crippen molar-refractivity contribution in [2.75, 3.05) is 0 Å². The molecule has 0 N–H and O–H groups in total. The van der Waals surface area contributed by atoms with Crippen molar-refractivity contribution in [1.82, 2.24) is 0 Å². The van der Waals surface area contributed by atoms with Crippen molar-refractivity contribution < 1.29 is 4.43 Å². The molecule has 0 aromatic carbocycles. The molecule has 3 fully saturated rings. The summed E-state index contributed by atoms with van der Waals surface area (Å²) in [4.78, 5) is 0. The van der Waals surface area contributed by atoms with E-state index >= 15 is 0 Å². The maximum Gasteiger partial charge on any atom is 0.192 e. The molecule has 0 aliphatic heterocycles. The van der Waals surface area contributed by atoms with Crippen LogP contribution in [0.4, 0.5) is 0 Å². The van der Waals surface area contributed by atoms with Gasteiger partial charge in [0.2, 0.25) is 0 Å². The lowest BCUT2D eigenvalue weighted by atomic mass is 9.39. The topological polar surface area (TPSA) is 9.23 Å². The molecule has 0 aromatic rings. The van der Waals surface area contributed by atoms with Gasteiger partial charge in [0.05, 0.1) is 0 Å². The molecule has 0 heterocycles. The zero-order chi connectivity index (χ0) is 21.2. The summed E-state index contributed by atoms with van der Waals surface area (Å²) in [7, 11) is -1.72. The van der Waals surface area contributed by atoms with Crippen LogP contribution in [0.3, 0.4) is 0 Å². The van der Waals surface area contributed by atoms with Crippen LogP contribution in [0.2, 0.25) is 18.1 Å². The van der Waals surface area contributed by atoms with Crippen molar-refractivity contribution >= 4 is 8.32 Å². The van der Waals surface area contributed by atoms with Crippen LogP contribution >= 0.6 is 0 Å². The largest absolute Gasteiger partial charge is 0.414 e. The Bertz CT molecular complexity index is 625. The van der Waals surface area contributed by atoms with E-state index in [9.17, 15) is 0 Å². The van der Waals surface area contributed by atoms with Crippen molar-refractivity contribution in [2.24, 2.45) is 28.1 Å². The van der Waals surface area contributed by atoms with Crippen LogP contribution in [0.25, 0.3) is 0 Å². The molecule has 0 amide bonds. The number of hydrogen-bond acceptors (Lipinski definition) is 1. The van der Waals surface area contributed by atoms with E-state index in [1.165, 1.54) is 44.9 Å². The number of rotatable bonds is 6. The maximum absolute atomic E-state index is 7.08. The standard InChI is InChI=1S/C26H48OSi/c1-11-19-12-13-25(7,17-19)14-15-26(8)18-21(20-16-22(26)24(20,5)6)27-28(9,10)23(2,3)4/h17,20-22H,11-16,18H2,1-10H3/t20-,21+,22-,25-,26+/m1/s1. The minimum absolute atomic E-state index is 0.298. The van der Waals surface area contributed by atoms with Crippen molar-refractivity contribution in [3.8, 4) is 0 Å². The molecule has 3 saturated carbocycles. The first kappa shape index (κ1) is 22.6. The van der Waals surface area contributed by atoms with Gasteiger partial charge in [0.25, 0.3) is 0 Å². The van der Waals surface area contributed by atoms with E-state index < -0.39 is 8.32 Å². The Morgan fingerprint density at radius 2 is 1.75 bits per heavy atom. The van der Waals surface area contributed by atoms with Gasteiger partial charge in [0, 0.05) is 6.10 Å². The predicted molar refractivity (Wildman–Crippen MR) is 125 cm³/mol. The van der Waals surface area contributed by atoms with Gasteiger partial charge in [-0.25, -0.2) is 0 Å². The molecule has 2 heteroatoms. The van der Waals surface area contributed by atoms with Gasteiger partial charge in [0.1, 0.15) is 0 Å². The fourth-order valence-corrected chi connectivity index (χ4v) is 7.96. The predicted octanol–water partition coefficient (Wildman–Crippen LogP) is 8.37. The van der Waals surface area contributed by atoms with E-state index in [0.717, 1.165) is 11.8 Å². The van der Waals surface area contributed by atoms with Crippen LogP contribution in [0.1, 0.15) is 100 Å². The molecule has 0 radical (unpaired) electrons. The van der Waals surface area contributed by atoms with Gasteiger partial charge in [-0.3, -0.25) is 0 Å². The zero-order valence-electron chi connectivity index (χ0n) is 20.7. The lowest BCUT2D eigenvalue weighted by Crippen LogP contribution is -2.65. The molecule has 0 aromatic heterocycles. The molecule has 5 atom stereocenters. The van der Waals surface area contributed by atoms with Crippen molar-refractivity contribution in [2.45, 2.75) is 125 Å². The number of hydrogen-bond donors (Lipinski definition) is 0. The first-order valence-corrected chi connectivity index (χ1v) is 14.9. The van der Waals surface area contributed by atoms with Gasteiger partial charge in [0.15, 0.2) is 8.32 Å². The van der Waals surface area contributed by atoms with Crippen molar-refractivity contribution in [1.29, 1.82) is 0 Å². The summed E-state index contributed by atoms with van der Waals surface area (Å²) in [6.45, 7) is 24.6. The van der Waals surface area contributed by atoms with Crippen LogP contribution in [0, 0.1) is 28.1 Å². The maximum atomic E-state index is 7.08. The third-order valence-corrected chi connectivity index (χ3v) is 14.3. The normalized spacial score (nSPS) is 40.2. The highest BCUT2D eigenvalue weighted by Gasteiger charge is 2.64. The number of allylic oxidation sites excluding steroid dienone is 2. The average molecular weight is 405 g/mol. The Kier molecular flexibility index (Phi) is 5.63. The van der Waals surface area contributed by atoms with Crippen LogP contribution in [-0.4, -0.2) is 14.4 Å². The average Bonchev–Trinajstić information content (AvgIpc) is 2.93. The zero-order valence-corrected chi connectivity index (χ0v) is 21.7. The van der Waals surface area contributed by atoms with E-state index in [1.54, 1.807) is 5.57 Å². The summed E-state index contributed by atoms with van der Waals surface area (Å²) in [5.41, 5.74) is 3.02. The Hall–Kier alpha value is -0.0831. The minimum atomic E-state index is -1.72. The minimum Gasteiger partial charge on any atom is -0.414 e. The summed E-state index contributed by atoms with van der Waals surface area (Å²) < 4.78 is 7.08. The fraction of sp³-hybridized carbons (Fsp3) is 0.923. The van der Waals surface area contributed by atoms with Gasteiger partial charge >= 0.3 is 0 Å². The molecule has 2 bridgehead atoms. The van der Waals surface area contributed by atoms with Gasteiger partial charge in [-0.1, -0.05) is 67.0 Å². The number of fused-ring (bicyclic) bond motifs is 2. The molecule has 4 aliphatic carbocycles. The summed E-state index contributed by atoms with van der Waals surface area (Å²) >= 11 is 0. The van der Waals surface area contributed by atoms with Gasteiger partial charge < -0.3 is 4.43 Å². The molecule has 162 valence electrons. The third-order valence-electron chi connectivity index (χ3n) is 9.84. The van der Waals surface area contributed by atoms with Gasteiger partial charge in [-0.05, 0) is 91.2 Å². The van der Waals surface area contributed by atoms with Crippen LogP contribution in [0.15, 0.2) is 11.6 Å². The van der Waals surface area contributed by atoms with Gasteiger partial charge in [-0.15, -0.1) is 0 Å². The Labute approximate surface area is 177 Å². The molecule has 4 rings (SSSR count). The molecule has 28 heavy (non-hydrogen) atoms. The summed E-state index contributed by atoms with van der Waals surface area (Å²) in [6, 6.07) is 0. The SMILES string of the molecule is CCC1=C[C@@](C)(CC[C@@]2(C)C[C@H](O[Si](C)(C)C(C)(C)C)[C@H]3C[C@@H]2C3(C)C)CC1. The molecule has 0 unspecified atom stereocenters. The second kappa shape index (κ2) is 6.97. The highest BCUT2D eigenvalue weighted by molar-refractivity contribution is 6.74. The fourth-order valence-electron chi connectivity index (χ4n) is 6.60. The first-order chi connectivity index (χ1) is 12.6. The van der Waals surface area contributed by atoms with Crippen LogP contribution in [0.5, 0.6) is 0 Å². The Balaban J connectivity index is 1.75. The van der Waals surface area contributed by atoms with E-state index in [0.29, 0.717) is 27.4 Å². The van der Waals surface area contributed by atoms with E-state index in [1.807, 2.05) is 0 Å². The summed E-state index contributed by atoms with van der Waals surface area (Å²) in [5, 5.41) is 0.298. The lowest BCUT2D eigenvalue weighted by molar-refractivity contribution is -0.206. The van der Waals surface area contributed by atoms with E-state index in [2.05, 4.69) is 74.6 Å². The third kappa shape index (κ3) is 3.82. The summed E-state index contributed by atoms with van der Waals surface area (Å²) in [6.07, 6.45) is 12.5. The highest BCUT2D eigenvalue weighted by atomic mass is 28.4. The van der Waals surface area contributed by atoms with Crippen molar-refractivity contribution in [3.63, 3.8) is 0 Å². The first-order valence-electron chi connectivity index (χ1n) is 12.0. The van der Waals surface area contributed by atoms with Crippen LogP contribution < -0.4 is 0 Å². The van der Waals surface area contributed by atoms with Gasteiger partial charge in [-0.2, -0.15) is 0 Å². The monoisotopic (exact) mass is 404 g/mol. The molecular weight excluding hydrogens is 356 g/mol. The van der Waals surface area contributed by atoms with Crippen LogP contribution in [-0.2, 0) is 4.43 Å². The van der Waals surface area contributed by atoms with E-state index in [-0.39, 0.29) is 0 Å². The van der Waals surface area contributed by atoms with E-state index in [4.69, 9.17) is 4.43 Å². The quantitative estimate of drug-likeness (QED) is 0.319. The summed E-state index contributed by atoms with van der Waals surface area (Å²) in [5.74, 6) is 1.65. The second-order valence-electron chi connectivity index (χ2n) is 13.3. The highest BCUT2D eigenvalue weighted by Crippen LogP contribution is 2.68. The Morgan fingerprint density at radius 3 is 2.25 bits per heavy atom. The molecule has 4 aliphatic rings. The lowest BCUT2D eigenvalue weighted by Gasteiger charge is -2.68.